The zero-order valence-electron chi connectivity index (χ0n) is 12.3. The van der Waals surface area contributed by atoms with E-state index in [9.17, 15) is 4.79 Å². The second kappa shape index (κ2) is 7.15. The number of aromatic nitrogens is 2. The standard InChI is InChI=1S/C17H15ClN2O3/c18-14-3-5-15(6-4-14)22-7-8-23-17(21)10-12-1-2-13-11-19-20-16(13)9-12/h1-6,9,11H,7-8,10H2,(H,19,20). The van der Waals surface area contributed by atoms with Crippen molar-refractivity contribution < 1.29 is 14.3 Å². The smallest absolute Gasteiger partial charge is 0.310 e. The third-order valence-electron chi connectivity index (χ3n) is 3.28. The Bertz CT molecular complexity index is 799. The average Bonchev–Trinajstić information content (AvgIpc) is 3.01. The van der Waals surface area contributed by atoms with Gasteiger partial charge in [0, 0.05) is 10.4 Å². The van der Waals surface area contributed by atoms with Crippen LogP contribution in [0.5, 0.6) is 5.75 Å². The molecule has 1 aromatic heterocycles. The van der Waals surface area contributed by atoms with Crippen LogP contribution < -0.4 is 4.74 Å². The van der Waals surface area contributed by atoms with Gasteiger partial charge in [0.1, 0.15) is 19.0 Å². The van der Waals surface area contributed by atoms with Crippen LogP contribution in [0.2, 0.25) is 5.02 Å². The van der Waals surface area contributed by atoms with Gasteiger partial charge >= 0.3 is 5.97 Å². The second-order valence-corrected chi connectivity index (χ2v) is 5.43. The van der Waals surface area contributed by atoms with Crippen molar-refractivity contribution in [3.05, 3.63) is 59.2 Å². The van der Waals surface area contributed by atoms with E-state index in [0.29, 0.717) is 17.4 Å². The van der Waals surface area contributed by atoms with E-state index >= 15 is 0 Å². The first-order valence-electron chi connectivity index (χ1n) is 7.17. The first kappa shape index (κ1) is 15.4. The lowest BCUT2D eigenvalue weighted by atomic mass is 10.1. The summed E-state index contributed by atoms with van der Waals surface area (Å²) in [6.07, 6.45) is 1.96. The molecule has 0 fully saturated rings. The SMILES string of the molecule is O=C(Cc1ccc2cn[nH]c2c1)OCCOc1ccc(Cl)cc1. The molecule has 0 aliphatic carbocycles. The highest BCUT2D eigenvalue weighted by atomic mass is 35.5. The van der Waals surface area contributed by atoms with Crippen LogP contribution in [0.15, 0.2) is 48.7 Å². The highest BCUT2D eigenvalue weighted by molar-refractivity contribution is 6.30. The van der Waals surface area contributed by atoms with Gasteiger partial charge in [-0.1, -0.05) is 23.7 Å². The Morgan fingerprint density at radius 1 is 1.13 bits per heavy atom. The molecule has 118 valence electrons. The Balaban J connectivity index is 1.43. The predicted octanol–water partition coefficient (Wildman–Crippen LogP) is 3.38. The number of benzene rings is 2. The number of aromatic amines is 1. The number of nitrogens with zero attached hydrogens (tertiary/aromatic N) is 1. The molecule has 0 unspecified atom stereocenters. The van der Waals surface area contributed by atoms with Gasteiger partial charge < -0.3 is 9.47 Å². The van der Waals surface area contributed by atoms with Gasteiger partial charge in [0.2, 0.25) is 0 Å². The number of nitrogens with one attached hydrogen (secondary N) is 1. The Morgan fingerprint density at radius 2 is 1.96 bits per heavy atom. The van der Waals surface area contributed by atoms with Gasteiger partial charge in [0.25, 0.3) is 0 Å². The zero-order chi connectivity index (χ0) is 16.1. The maximum atomic E-state index is 11.8. The molecule has 1 N–H and O–H groups in total. The topological polar surface area (TPSA) is 64.2 Å². The Labute approximate surface area is 138 Å². The Kier molecular flexibility index (Phi) is 4.78. The molecule has 0 amide bonds. The molecule has 23 heavy (non-hydrogen) atoms. The molecule has 0 aliphatic heterocycles. The monoisotopic (exact) mass is 330 g/mol. The van der Waals surface area contributed by atoms with E-state index in [2.05, 4.69) is 10.2 Å². The summed E-state index contributed by atoms with van der Waals surface area (Å²) in [5.41, 5.74) is 1.78. The molecule has 0 radical (unpaired) electrons. The molecule has 2 aromatic carbocycles. The van der Waals surface area contributed by atoms with Gasteiger partial charge in [-0.2, -0.15) is 5.10 Å². The number of H-pyrrole nitrogens is 1. The van der Waals surface area contributed by atoms with E-state index in [1.807, 2.05) is 18.2 Å². The van der Waals surface area contributed by atoms with Crippen molar-refractivity contribution in [1.29, 1.82) is 0 Å². The van der Waals surface area contributed by atoms with Crippen molar-refractivity contribution in [3.8, 4) is 5.75 Å². The summed E-state index contributed by atoms with van der Waals surface area (Å²) in [5.74, 6) is 0.402. The molecule has 3 rings (SSSR count). The lowest BCUT2D eigenvalue weighted by molar-refractivity contribution is -0.143. The summed E-state index contributed by atoms with van der Waals surface area (Å²) in [6, 6.07) is 12.7. The maximum absolute atomic E-state index is 11.8. The summed E-state index contributed by atoms with van der Waals surface area (Å²) in [5, 5.41) is 8.49. The molecule has 0 saturated heterocycles. The summed E-state index contributed by atoms with van der Waals surface area (Å²) in [7, 11) is 0. The molecule has 0 bridgehead atoms. The number of hydrogen-bond donors (Lipinski definition) is 1. The minimum atomic E-state index is -0.288. The minimum Gasteiger partial charge on any atom is -0.490 e. The van der Waals surface area contributed by atoms with Crippen molar-refractivity contribution in [1.82, 2.24) is 10.2 Å². The first-order valence-corrected chi connectivity index (χ1v) is 7.54. The van der Waals surface area contributed by atoms with Crippen molar-refractivity contribution >= 4 is 28.5 Å². The molecule has 1 heterocycles. The molecule has 3 aromatic rings. The van der Waals surface area contributed by atoms with Crippen LogP contribution in [-0.2, 0) is 16.0 Å². The summed E-state index contributed by atoms with van der Waals surface area (Å²) < 4.78 is 10.6. The molecule has 0 saturated carbocycles. The first-order chi connectivity index (χ1) is 11.2. The van der Waals surface area contributed by atoms with Gasteiger partial charge in [-0.05, 0) is 35.9 Å². The molecule has 6 heteroatoms. The van der Waals surface area contributed by atoms with Crippen LogP contribution in [-0.4, -0.2) is 29.4 Å². The summed E-state index contributed by atoms with van der Waals surface area (Å²) in [4.78, 5) is 11.8. The van der Waals surface area contributed by atoms with Crippen LogP contribution in [0.25, 0.3) is 10.9 Å². The van der Waals surface area contributed by atoms with Gasteiger partial charge in [-0.25, -0.2) is 0 Å². The summed E-state index contributed by atoms with van der Waals surface area (Å²) >= 11 is 5.79. The number of fused-ring (bicyclic) bond motifs is 1. The number of carbonyl (C=O) groups excluding carboxylic acids is 1. The maximum Gasteiger partial charge on any atom is 0.310 e. The molecule has 0 aliphatic rings. The minimum absolute atomic E-state index is 0.202. The molecule has 0 spiro atoms. The van der Waals surface area contributed by atoms with Gasteiger partial charge in [0.15, 0.2) is 0 Å². The van der Waals surface area contributed by atoms with Crippen LogP contribution >= 0.6 is 11.6 Å². The van der Waals surface area contributed by atoms with Crippen LogP contribution in [0.1, 0.15) is 5.56 Å². The largest absolute Gasteiger partial charge is 0.490 e. The van der Waals surface area contributed by atoms with Crippen molar-refractivity contribution in [2.45, 2.75) is 6.42 Å². The molecule has 0 atom stereocenters. The van der Waals surface area contributed by atoms with Gasteiger partial charge in [-0.3, -0.25) is 9.89 Å². The predicted molar refractivity (Wildman–Crippen MR) is 87.7 cm³/mol. The van der Waals surface area contributed by atoms with Crippen LogP contribution in [0, 0.1) is 0 Å². The molecular formula is C17H15ClN2O3. The number of hydrogen-bond acceptors (Lipinski definition) is 4. The van der Waals surface area contributed by atoms with Gasteiger partial charge in [-0.15, -0.1) is 0 Å². The lowest BCUT2D eigenvalue weighted by Gasteiger charge is -2.07. The number of rotatable bonds is 6. The van der Waals surface area contributed by atoms with E-state index in [0.717, 1.165) is 16.5 Å². The van der Waals surface area contributed by atoms with Crippen LogP contribution in [0.4, 0.5) is 0 Å². The van der Waals surface area contributed by atoms with E-state index in [4.69, 9.17) is 21.1 Å². The van der Waals surface area contributed by atoms with E-state index in [-0.39, 0.29) is 19.0 Å². The molecule has 5 nitrogen and oxygen atoms in total. The quantitative estimate of drug-likeness (QED) is 0.556. The van der Waals surface area contributed by atoms with E-state index in [1.54, 1.807) is 30.5 Å². The highest BCUT2D eigenvalue weighted by Gasteiger charge is 2.06. The third kappa shape index (κ3) is 4.23. The fourth-order valence-electron chi connectivity index (χ4n) is 2.16. The van der Waals surface area contributed by atoms with Crippen molar-refractivity contribution in [2.75, 3.05) is 13.2 Å². The normalized spacial score (nSPS) is 10.7. The molecular weight excluding hydrogens is 316 g/mol. The average molecular weight is 331 g/mol. The fourth-order valence-corrected chi connectivity index (χ4v) is 2.28. The summed E-state index contributed by atoms with van der Waals surface area (Å²) in [6.45, 7) is 0.501. The van der Waals surface area contributed by atoms with Crippen molar-refractivity contribution in [3.63, 3.8) is 0 Å². The van der Waals surface area contributed by atoms with E-state index in [1.165, 1.54) is 0 Å². The second-order valence-electron chi connectivity index (χ2n) is 4.99. The van der Waals surface area contributed by atoms with E-state index < -0.39 is 0 Å². The lowest BCUT2D eigenvalue weighted by Crippen LogP contribution is -2.14. The van der Waals surface area contributed by atoms with Gasteiger partial charge in [0.05, 0.1) is 18.1 Å². The van der Waals surface area contributed by atoms with Crippen molar-refractivity contribution in [2.24, 2.45) is 0 Å². The highest BCUT2D eigenvalue weighted by Crippen LogP contribution is 2.15. The zero-order valence-corrected chi connectivity index (χ0v) is 13.0. The number of carbonyl (C=O) groups is 1. The number of esters is 1. The Hall–Kier alpha value is -2.53. The van der Waals surface area contributed by atoms with Crippen LogP contribution in [0.3, 0.4) is 0 Å². The fraction of sp³-hybridized carbons (Fsp3) is 0.176. The third-order valence-corrected chi connectivity index (χ3v) is 3.54. The number of ether oxygens (including phenoxy) is 2. The number of halogens is 1. The Morgan fingerprint density at radius 3 is 2.78 bits per heavy atom.